The molecule has 0 unspecified atom stereocenters. The summed E-state index contributed by atoms with van der Waals surface area (Å²) in [7, 11) is -1.31. The molecule has 0 heterocycles. The number of rotatable bonds is 0. The summed E-state index contributed by atoms with van der Waals surface area (Å²) in [6.07, 6.45) is 1.25. The molecule has 0 aliphatic rings. The fourth-order valence-corrected chi connectivity index (χ4v) is 0.956. The van der Waals surface area contributed by atoms with E-state index in [1.54, 1.807) is 0 Å². The molecule has 0 fully saturated rings. The summed E-state index contributed by atoms with van der Waals surface area (Å²) >= 11 is 0. The second kappa shape index (κ2) is 6.09. The largest absolute Gasteiger partial charge is 0.292 e. The van der Waals surface area contributed by atoms with E-state index in [0.717, 1.165) is 0 Å². The predicted octanol–water partition coefficient (Wildman–Crippen LogP) is 1.86. The molecule has 0 saturated heterocycles. The van der Waals surface area contributed by atoms with Gasteiger partial charge in [-0.3, -0.25) is 14.1 Å². The van der Waals surface area contributed by atoms with Crippen molar-refractivity contribution in [1.29, 1.82) is 0 Å². The van der Waals surface area contributed by atoms with Crippen molar-refractivity contribution in [2.24, 2.45) is 9.98 Å². The molecule has 0 aliphatic heterocycles. The van der Waals surface area contributed by atoms with Crippen LogP contribution in [-0.2, 0) is 0 Å². The van der Waals surface area contributed by atoms with E-state index in [0.29, 0.717) is 0 Å². The minimum Gasteiger partial charge on any atom is -0.292 e. The molecule has 0 saturated carbocycles. The highest BCUT2D eigenvalue weighted by Crippen LogP contribution is 2.35. The van der Waals surface area contributed by atoms with Crippen molar-refractivity contribution in [3.05, 3.63) is 13.2 Å². The lowest BCUT2D eigenvalue weighted by atomic mass is 11.2. The summed E-state index contributed by atoms with van der Waals surface area (Å²) < 4.78 is 17.7. The normalized spacial score (nSPS) is 12.9. The first-order valence-electron chi connectivity index (χ1n) is 2.69. The van der Waals surface area contributed by atoms with E-state index in [9.17, 15) is 0 Å². The molecule has 0 aromatic carbocycles. The van der Waals surface area contributed by atoms with Gasteiger partial charge < -0.3 is 0 Å². The van der Waals surface area contributed by atoms with Crippen LogP contribution in [0.3, 0.4) is 0 Å². The van der Waals surface area contributed by atoms with Crippen LogP contribution in [0.1, 0.15) is 0 Å². The predicted molar refractivity (Wildman–Crippen MR) is 52.9 cm³/mol. The van der Waals surface area contributed by atoms with Gasteiger partial charge >= 0.3 is 0 Å². The van der Waals surface area contributed by atoms with E-state index in [2.05, 4.69) is 29.9 Å². The maximum absolute atomic E-state index is 8.85. The lowest BCUT2D eigenvalue weighted by molar-refractivity contribution is 0.511. The molecule has 11 heavy (non-hydrogen) atoms. The van der Waals surface area contributed by atoms with Crippen LogP contribution in [-0.4, -0.2) is 34.3 Å². The highest BCUT2D eigenvalue weighted by Gasteiger charge is 2.09. The van der Waals surface area contributed by atoms with Crippen molar-refractivity contribution in [2.75, 3.05) is 13.3 Å². The summed E-state index contributed by atoms with van der Waals surface area (Å²) in [6.45, 7) is 9.12. The first-order chi connectivity index (χ1) is 5.02. The number of amidine groups is 1. The van der Waals surface area contributed by atoms with Gasteiger partial charge in [-0.2, -0.15) is 0 Å². The van der Waals surface area contributed by atoms with Crippen LogP contribution < -0.4 is 0 Å². The average Bonchev–Trinajstić information content (AvgIpc) is 1.92. The van der Waals surface area contributed by atoms with Gasteiger partial charge in [0.25, 0.3) is 0 Å². The summed E-state index contributed by atoms with van der Waals surface area (Å²) in [6, 6.07) is 0. The third-order valence-electron chi connectivity index (χ3n) is 0.672. The van der Waals surface area contributed by atoms with Gasteiger partial charge in [-0.1, -0.05) is 0 Å². The van der Waals surface area contributed by atoms with Crippen LogP contribution in [0.5, 0.6) is 0 Å². The van der Waals surface area contributed by atoms with E-state index >= 15 is 0 Å². The molecule has 0 aromatic rings. The van der Waals surface area contributed by atoms with Crippen LogP contribution in [0.4, 0.5) is 0 Å². The van der Waals surface area contributed by atoms with Gasteiger partial charge in [0.05, 0.1) is 0 Å². The number of aliphatic imine (C=N–C) groups is 2. The van der Waals surface area contributed by atoms with Gasteiger partial charge in [0.1, 0.15) is 0 Å². The first kappa shape index (κ1) is 13.0. The number of nitrogens with zero attached hydrogens (tertiary/aromatic N) is 2. The molecule has 66 valence electrons. The van der Waals surface area contributed by atoms with Crippen LogP contribution in [0.2, 0.25) is 0 Å². The van der Waals surface area contributed by atoms with Gasteiger partial charge in [0.15, 0.2) is 0 Å². The molecule has 0 spiro atoms. The standard InChI is InChI=1S/C4H10N2O2S.C2H4/c1-5-4(6-2)9(3,7)8;1-2/h7-8H,1H2,2-3H3;1-2H2. The molecule has 0 rings (SSSR count). The lowest BCUT2D eigenvalue weighted by Gasteiger charge is -2.24. The summed E-state index contributed by atoms with van der Waals surface area (Å²) in [5.41, 5.74) is 0. The molecule has 0 radical (unpaired) electrons. The second-order valence-electron chi connectivity index (χ2n) is 1.50. The zero-order valence-electron chi connectivity index (χ0n) is 6.82. The average molecular weight is 178 g/mol. The molecule has 0 aliphatic carbocycles. The molecular weight excluding hydrogens is 164 g/mol. The lowest BCUT2D eigenvalue weighted by Crippen LogP contribution is -2.05. The topological polar surface area (TPSA) is 65.2 Å². The highest BCUT2D eigenvalue weighted by atomic mass is 32.3. The fourth-order valence-electron chi connectivity index (χ4n) is 0.366. The molecule has 2 N–H and O–H groups in total. The summed E-state index contributed by atoms with van der Waals surface area (Å²) in [5, 5.41) is 0.00231. The van der Waals surface area contributed by atoms with Crippen molar-refractivity contribution in [3.8, 4) is 0 Å². The zero-order valence-corrected chi connectivity index (χ0v) is 7.63. The quantitative estimate of drug-likeness (QED) is 0.338. The Morgan fingerprint density at radius 2 is 1.73 bits per heavy atom. The van der Waals surface area contributed by atoms with Crippen molar-refractivity contribution in [1.82, 2.24) is 0 Å². The first-order valence-corrected chi connectivity index (χ1v) is 4.64. The van der Waals surface area contributed by atoms with E-state index in [4.69, 9.17) is 9.11 Å². The van der Waals surface area contributed by atoms with Gasteiger partial charge in [-0.25, -0.2) is 4.99 Å². The molecule has 0 amide bonds. The van der Waals surface area contributed by atoms with E-state index in [1.807, 2.05) is 0 Å². The van der Waals surface area contributed by atoms with Crippen LogP contribution in [0.25, 0.3) is 0 Å². The minimum absolute atomic E-state index is 0.00231. The van der Waals surface area contributed by atoms with Crippen molar-refractivity contribution < 1.29 is 9.11 Å². The Morgan fingerprint density at radius 1 is 1.36 bits per heavy atom. The highest BCUT2D eigenvalue weighted by molar-refractivity contribution is 8.36. The smallest absolute Gasteiger partial charge is 0.235 e. The Labute approximate surface area is 68.7 Å². The van der Waals surface area contributed by atoms with Gasteiger partial charge in [0.2, 0.25) is 5.17 Å². The van der Waals surface area contributed by atoms with Crippen LogP contribution in [0, 0.1) is 0 Å². The number of hydrogen-bond acceptors (Lipinski definition) is 3. The Hall–Kier alpha value is -0.650. The molecular formula is C6H14N2O2S. The minimum atomic E-state index is -2.74. The third-order valence-corrected chi connectivity index (χ3v) is 1.68. The second-order valence-corrected chi connectivity index (χ2v) is 3.53. The SMILES string of the molecule is C=C.C=NC(=NC)S(C)(O)O. The number of hydrogen-bond donors (Lipinski definition) is 2. The van der Waals surface area contributed by atoms with Crippen LogP contribution in [0.15, 0.2) is 23.1 Å². The Morgan fingerprint density at radius 3 is 1.73 bits per heavy atom. The van der Waals surface area contributed by atoms with E-state index < -0.39 is 10.6 Å². The molecule has 5 heteroatoms. The monoisotopic (exact) mass is 178 g/mol. The summed E-state index contributed by atoms with van der Waals surface area (Å²) in [4.78, 5) is 6.82. The zero-order chi connectivity index (χ0) is 9.49. The fraction of sp³-hybridized carbons (Fsp3) is 0.333. The van der Waals surface area contributed by atoms with Crippen molar-refractivity contribution in [2.45, 2.75) is 0 Å². The summed E-state index contributed by atoms with van der Waals surface area (Å²) in [5.74, 6) is 0. The Kier molecular flexibility index (Phi) is 7.18. The van der Waals surface area contributed by atoms with Crippen molar-refractivity contribution in [3.63, 3.8) is 0 Å². The van der Waals surface area contributed by atoms with Gasteiger partial charge in [-0.15, -0.1) is 23.7 Å². The van der Waals surface area contributed by atoms with Crippen LogP contribution >= 0.6 is 10.6 Å². The van der Waals surface area contributed by atoms with Gasteiger partial charge in [-0.05, 0) is 6.72 Å². The molecule has 0 atom stereocenters. The molecule has 4 nitrogen and oxygen atoms in total. The Balaban J connectivity index is 0. The maximum atomic E-state index is 8.85. The van der Waals surface area contributed by atoms with E-state index in [1.165, 1.54) is 13.3 Å². The Bertz CT molecular complexity index is 151. The molecule has 0 bridgehead atoms. The molecule has 0 aromatic heterocycles. The van der Waals surface area contributed by atoms with E-state index in [-0.39, 0.29) is 5.17 Å². The maximum Gasteiger partial charge on any atom is 0.235 e. The van der Waals surface area contributed by atoms with Gasteiger partial charge in [0, 0.05) is 13.3 Å². The van der Waals surface area contributed by atoms with Crippen molar-refractivity contribution >= 4 is 22.5 Å². The third kappa shape index (κ3) is 5.78.